The first-order valence-corrected chi connectivity index (χ1v) is 9.69. The third-order valence-corrected chi connectivity index (χ3v) is 4.53. The number of benzene rings is 3. The Bertz CT molecular complexity index is 931. The van der Waals surface area contributed by atoms with Crippen molar-refractivity contribution in [1.82, 2.24) is 5.32 Å². The predicted octanol–water partition coefficient (Wildman–Crippen LogP) is 4.81. The fourth-order valence-electron chi connectivity index (χ4n) is 3.20. The third-order valence-electron chi connectivity index (χ3n) is 4.53. The molecule has 1 N–H and O–H groups in total. The SMILES string of the molecule is CC[C@@H](Oc1ccc2ccccc2c1)C(=O)NCCOc1cc(C)cc(C)c1. The van der Waals surface area contributed by atoms with Crippen LogP contribution in [0.1, 0.15) is 24.5 Å². The zero-order valence-electron chi connectivity index (χ0n) is 16.7. The van der Waals surface area contributed by atoms with Crippen LogP contribution in [0.25, 0.3) is 10.8 Å². The minimum atomic E-state index is -0.526. The maximum absolute atomic E-state index is 12.5. The van der Waals surface area contributed by atoms with E-state index in [4.69, 9.17) is 9.47 Å². The van der Waals surface area contributed by atoms with Crippen molar-refractivity contribution in [3.63, 3.8) is 0 Å². The van der Waals surface area contributed by atoms with E-state index in [-0.39, 0.29) is 5.91 Å². The highest BCUT2D eigenvalue weighted by atomic mass is 16.5. The fourth-order valence-corrected chi connectivity index (χ4v) is 3.20. The lowest BCUT2D eigenvalue weighted by molar-refractivity contribution is -0.128. The second-order valence-electron chi connectivity index (χ2n) is 6.99. The number of nitrogens with one attached hydrogen (secondary N) is 1. The molecule has 0 aliphatic carbocycles. The largest absolute Gasteiger partial charge is 0.492 e. The highest BCUT2D eigenvalue weighted by Crippen LogP contribution is 2.22. The average molecular weight is 377 g/mol. The Hall–Kier alpha value is -3.01. The Balaban J connectivity index is 1.51. The number of hydrogen-bond donors (Lipinski definition) is 1. The summed E-state index contributed by atoms with van der Waals surface area (Å²) in [5, 5.41) is 5.15. The second-order valence-corrected chi connectivity index (χ2v) is 6.99. The Labute approximate surface area is 166 Å². The van der Waals surface area contributed by atoms with Crippen LogP contribution in [0.5, 0.6) is 11.5 Å². The van der Waals surface area contributed by atoms with Crippen LogP contribution in [0.15, 0.2) is 60.7 Å². The Morgan fingerprint density at radius 3 is 2.36 bits per heavy atom. The van der Waals surface area contributed by atoms with E-state index < -0.39 is 6.10 Å². The van der Waals surface area contributed by atoms with Gasteiger partial charge in [-0.1, -0.05) is 43.3 Å². The average Bonchev–Trinajstić information content (AvgIpc) is 2.68. The molecule has 0 aliphatic rings. The topological polar surface area (TPSA) is 47.6 Å². The van der Waals surface area contributed by atoms with Gasteiger partial charge in [0, 0.05) is 0 Å². The quantitative estimate of drug-likeness (QED) is 0.573. The number of amides is 1. The van der Waals surface area contributed by atoms with Gasteiger partial charge in [-0.05, 0) is 66.4 Å². The van der Waals surface area contributed by atoms with Crippen LogP contribution < -0.4 is 14.8 Å². The van der Waals surface area contributed by atoms with E-state index in [0.717, 1.165) is 27.6 Å². The normalized spacial score (nSPS) is 11.8. The van der Waals surface area contributed by atoms with Gasteiger partial charge >= 0.3 is 0 Å². The molecule has 0 radical (unpaired) electrons. The number of carbonyl (C=O) groups is 1. The number of hydrogen-bond acceptors (Lipinski definition) is 3. The fraction of sp³-hybridized carbons (Fsp3) is 0.292. The van der Waals surface area contributed by atoms with E-state index in [1.807, 2.05) is 69.3 Å². The van der Waals surface area contributed by atoms with Gasteiger partial charge in [-0.2, -0.15) is 0 Å². The van der Waals surface area contributed by atoms with Gasteiger partial charge in [-0.25, -0.2) is 0 Å². The summed E-state index contributed by atoms with van der Waals surface area (Å²) in [6, 6.07) is 20.1. The van der Waals surface area contributed by atoms with Crippen molar-refractivity contribution in [2.24, 2.45) is 0 Å². The number of fused-ring (bicyclic) bond motifs is 1. The van der Waals surface area contributed by atoms with E-state index in [1.54, 1.807) is 0 Å². The minimum absolute atomic E-state index is 0.125. The molecule has 3 aromatic rings. The van der Waals surface area contributed by atoms with Gasteiger partial charge in [0.25, 0.3) is 5.91 Å². The molecule has 0 spiro atoms. The first kappa shape index (κ1) is 19.7. The number of ether oxygens (including phenoxy) is 2. The van der Waals surface area contributed by atoms with Crippen molar-refractivity contribution in [3.8, 4) is 11.5 Å². The maximum atomic E-state index is 12.5. The molecule has 0 bridgehead atoms. The molecule has 28 heavy (non-hydrogen) atoms. The lowest BCUT2D eigenvalue weighted by atomic mass is 10.1. The summed E-state index contributed by atoms with van der Waals surface area (Å²) in [6.07, 6.45) is 0.0683. The predicted molar refractivity (Wildman–Crippen MR) is 113 cm³/mol. The zero-order valence-corrected chi connectivity index (χ0v) is 16.7. The van der Waals surface area contributed by atoms with Crippen molar-refractivity contribution in [2.45, 2.75) is 33.3 Å². The minimum Gasteiger partial charge on any atom is -0.492 e. The molecule has 0 aliphatic heterocycles. The van der Waals surface area contributed by atoms with Gasteiger partial charge in [-0.3, -0.25) is 4.79 Å². The smallest absolute Gasteiger partial charge is 0.261 e. The molecule has 146 valence electrons. The van der Waals surface area contributed by atoms with Crippen LogP contribution in [0.2, 0.25) is 0 Å². The highest BCUT2D eigenvalue weighted by molar-refractivity contribution is 5.84. The molecule has 3 rings (SSSR count). The van der Waals surface area contributed by atoms with Gasteiger partial charge in [-0.15, -0.1) is 0 Å². The van der Waals surface area contributed by atoms with E-state index in [9.17, 15) is 4.79 Å². The molecule has 4 nitrogen and oxygen atoms in total. The van der Waals surface area contributed by atoms with Crippen LogP contribution in [0.3, 0.4) is 0 Å². The van der Waals surface area contributed by atoms with Gasteiger partial charge < -0.3 is 14.8 Å². The van der Waals surface area contributed by atoms with Gasteiger partial charge in [0.05, 0.1) is 6.54 Å². The number of carbonyl (C=O) groups excluding carboxylic acids is 1. The molecule has 0 saturated heterocycles. The van der Waals surface area contributed by atoms with Crippen LogP contribution in [-0.2, 0) is 4.79 Å². The van der Waals surface area contributed by atoms with Crippen LogP contribution in [0.4, 0.5) is 0 Å². The summed E-state index contributed by atoms with van der Waals surface area (Å²) in [7, 11) is 0. The maximum Gasteiger partial charge on any atom is 0.261 e. The summed E-state index contributed by atoms with van der Waals surface area (Å²) in [5.74, 6) is 1.40. The van der Waals surface area contributed by atoms with E-state index >= 15 is 0 Å². The van der Waals surface area contributed by atoms with Crippen molar-refractivity contribution in [1.29, 1.82) is 0 Å². The molecule has 1 atom stereocenters. The summed E-state index contributed by atoms with van der Waals surface area (Å²) in [4.78, 5) is 12.5. The first-order valence-electron chi connectivity index (χ1n) is 9.69. The van der Waals surface area contributed by atoms with Crippen molar-refractivity contribution in [3.05, 3.63) is 71.8 Å². The monoisotopic (exact) mass is 377 g/mol. The highest BCUT2D eigenvalue weighted by Gasteiger charge is 2.18. The zero-order chi connectivity index (χ0) is 19.9. The molecule has 4 heteroatoms. The second kappa shape index (κ2) is 9.27. The summed E-state index contributed by atoms with van der Waals surface area (Å²) >= 11 is 0. The lowest BCUT2D eigenvalue weighted by Gasteiger charge is -2.18. The summed E-state index contributed by atoms with van der Waals surface area (Å²) < 4.78 is 11.7. The molecule has 0 aromatic heterocycles. The molecule has 0 fully saturated rings. The van der Waals surface area contributed by atoms with Crippen molar-refractivity contribution in [2.75, 3.05) is 13.2 Å². The van der Waals surface area contributed by atoms with E-state index in [0.29, 0.717) is 25.3 Å². The Kier molecular flexibility index (Phi) is 6.53. The molecular weight excluding hydrogens is 350 g/mol. The van der Waals surface area contributed by atoms with Crippen LogP contribution >= 0.6 is 0 Å². The van der Waals surface area contributed by atoms with Crippen LogP contribution in [-0.4, -0.2) is 25.2 Å². The van der Waals surface area contributed by atoms with Crippen LogP contribution in [0, 0.1) is 13.8 Å². The first-order chi connectivity index (χ1) is 13.5. The van der Waals surface area contributed by atoms with Gasteiger partial charge in [0.15, 0.2) is 6.10 Å². The number of aryl methyl sites for hydroxylation is 2. The van der Waals surface area contributed by atoms with E-state index in [2.05, 4.69) is 17.4 Å². The van der Waals surface area contributed by atoms with Crippen molar-refractivity contribution < 1.29 is 14.3 Å². The molecule has 0 saturated carbocycles. The Morgan fingerprint density at radius 2 is 1.64 bits per heavy atom. The molecule has 1 amide bonds. The van der Waals surface area contributed by atoms with Gasteiger partial charge in [0.1, 0.15) is 18.1 Å². The van der Waals surface area contributed by atoms with Gasteiger partial charge in [0.2, 0.25) is 0 Å². The third kappa shape index (κ3) is 5.26. The molecule has 3 aromatic carbocycles. The lowest BCUT2D eigenvalue weighted by Crippen LogP contribution is -2.39. The van der Waals surface area contributed by atoms with E-state index in [1.165, 1.54) is 0 Å². The Morgan fingerprint density at radius 1 is 0.929 bits per heavy atom. The molecule has 0 heterocycles. The van der Waals surface area contributed by atoms with Crippen molar-refractivity contribution >= 4 is 16.7 Å². The standard InChI is InChI=1S/C24H27NO3/c1-4-23(28-21-10-9-19-7-5-6-8-20(19)16-21)24(26)25-11-12-27-22-14-17(2)13-18(3)15-22/h5-10,13-16,23H,4,11-12H2,1-3H3,(H,25,26)/t23-/m1/s1. The summed E-state index contributed by atoms with van der Waals surface area (Å²) in [6.45, 7) is 6.87. The molecule has 0 unspecified atom stereocenters. The molecular formula is C24H27NO3. The summed E-state index contributed by atoms with van der Waals surface area (Å²) in [5.41, 5.74) is 2.32. The number of rotatable bonds is 8.